The Morgan fingerprint density at radius 3 is 2.05 bits per heavy atom. The predicted molar refractivity (Wildman–Crippen MR) is 60.0 cm³/mol. The third-order valence-corrected chi connectivity index (χ3v) is 2.48. The average Bonchev–Trinajstić information content (AvgIpc) is 2.37. The molecule has 100 valence electrons. The van der Waals surface area contributed by atoms with E-state index in [0.29, 0.717) is 0 Å². The highest BCUT2D eigenvalue weighted by Gasteiger charge is 2.11. The molecule has 1 nitrogen and oxygen atoms in total. The summed E-state index contributed by atoms with van der Waals surface area (Å²) in [5, 5.41) is 2.47. The van der Waals surface area contributed by atoms with Gasteiger partial charge in [-0.2, -0.15) is 0 Å². The van der Waals surface area contributed by atoms with E-state index in [0.717, 1.165) is 18.2 Å². The second-order valence-corrected chi connectivity index (χ2v) is 3.83. The van der Waals surface area contributed by atoms with E-state index in [9.17, 15) is 22.0 Å². The first-order chi connectivity index (χ1) is 8.99. The summed E-state index contributed by atoms with van der Waals surface area (Å²) in [5.41, 5.74) is -0.0785. The maximum absolute atomic E-state index is 13.3. The summed E-state index contributed by atoms with van der Waals surface area (Å²) in [6.45, 7) is -0.172. The van der Waals surface area contributed by atoms with Gasteiger partial charge in [-0.25, -0.2) is 22.0 Å². The second-order valence-electron chi connectivity index (χ2n) is 3.83. The fraction of sp³-hybridized carbons (Fsp3) is 0.0769. The molecule has 0 aliphatic heterocycles. The molecule has 0 spiro atoms. The fourth-order valence-electron chi connectivity index (χ4n) is 1.55. The van der Waals surface area contributed by atoms with Crippen LogP contribution in [0, 0.1) is 29.1 Å². The maximum atomic E-state index is 13.3. The molecular weight excluding hydrogens is 265 g/mol. The molecule has 0 heterocycles. The fourth-order valence-corrected chi connectivity index (χ4v) is 1.55. The van der Waals surface area contributed by atoms with Crippen LogP contribution in [0.3, 0.4) is 0 Å². The zero-order valence-electron chi connectivity index (χ0n) is 9.48. The first-order valence-electron chi connectivity index (χ1n) is 5.30. The van der Waals surface area contributed by atoms with Gasteiger partial charge in [0, 0.05) is 6.54 Å². The molecule has 0 saturated heterocycles. The quantitative estimate of drug-likeness (QED) is 0.658. The van der Waals surface area contributed by atoms with E-state index < -0.39 is 29.1 Å². The molecule has 0 radical (unpaired) electrons. The van der Waals surface area contributed by atoms with Crippen LogP contribution in [0.2, 0.25) is 0 Å². The van der Waals surface area contributed by atoms with Crippen LogP contribution in [0.25, 0.3) is 0 Å². The lowest BCUT2D eigenvalue weighted by atomic mass is 10.2. The van der Waals surface area contributed by atoms with Gasteiger partial charge in [-0.15, -0.1) is 0 Å². The summed E-state index contributed by atoms with van der Waals surface area (Å²) < 4.78 is 64.8. The number of halogens is 5. The van der Waals surface area contributed by atoms with Crippen LogP contribution in [-0.2, 0) is 6.54 Å². The Labute approximate surface area is 105 Å². The molecule has 0 bridgehead atoms. The molecule has 0 unspecified atom stereocenters. The molecule has 0 aliphatic carbocycles. The summed E-state index contributed by atoms with van der Waals surface area (Å²) in [6, 6.07) is 5.06. The van der Waals surface area contributed by atoms with Gasteiger partial charge in [-0.3, -0.25) is 0 Å². The van der Waals surface area contributed by atoms with E-state index in [1.54, 1.807) is 0 Å². The Bertz CT molecular complexity index is 589. The van der Waals surface area contributed by atoms with Gasteiger partial charge in [-0.1, -0.05) is 6.07 Å². The van der Waals surface area contributed by atoms with Crippen molar-refractivity contribution in [3.05, 3.63) is 65.0 Å². The van der Waals surface area contributed by atoms with Crippen molar-refractivity contribution >= 4 is 5.69 Å². The Balaban J connectivity index is 2.17. The second kappa shape index (κ2) is 5.26. The lowest BCUT2D eigenvalue weighted by Gasteiger charge is -2.08. The van der Waals surface area contributed by atoms with E-state index in [1.807, 2.05) is 0 Å². The van der Waals surface area contributed by atoms with Crippen LogP contribution in [-0.4, -0.2) is 0 Å². The summed E-state index contributed by atoms with van der Waals surface area (Å²) in [6.07, 6.45) is 0. The minimum absolute atomic E-state index is 0.0695. The zero-order valence-corrected chi connectivity index (χ0v) is 9.48. The van der Waals surface area contributed by atoms with Gasteiger partial charge in [0.05, 0.1) is 5.69 Å². The smallest absolute Gasteiger partial charge is 0.194 e. The summed E-state index contributed by atoms with van der Waals surface area (Å²) in [4.78, 5) is 0. The van der Waals surface area contributed by atoms with Gasteiger partial charge < -0.3 is 5.32 Å². The average molecular weight is 273 g/mol. The molecule has 0 aliphatic rings. The number of rotatable bonds is 3. The van der Waals surface area contributed by atoms with Crippen LogP contribution >= 0.6 is 0 Å². The SMILES string of the molecule is Fc1cc(CNc2cccc(F)c2F)cc(F)c1F. The number of anilines is 1. The van der Waals surface area contributed by atoms with Gasteiger partial charge in [0.2, 0.25) is 0 Å². The van der Waals surface area contributed by atoms with Crippen molar-refractivity contribution in [3.8, 4) is 0 Å². The van der Waals surface area contributed by atoms with Crippen molar-refractivity contribution < 1.29 is 22.0 Å². The molecule has 19 heavy (non-hydrogen) atoms. The summed E-state index contributed by atoms with van der Waals surface area (Å²) in [5.74, 6) is -6.37. The summed E-state index contributed by atoms with van der Waals surface area (Å²) in [7, 11) is 0. The van der Waals surface area contributed by atoms with Crippen LogP contribution in [0.1, 0.15) is 5.56 Å². The van der Waals surface area contributed by atoms with Crippen LogP contribution < -0.4 is 5.32 Å². The van der Waals surface area contributed by atoms with Gasteiger partial charge in [0.15, 0.2) is 29.1 Å². The minimum atomic E-state index is -1.57. The molecule has 0 amide bonds. The molecule has 0 saturated carbocycles. The number of hydrogen-bond acceptors (Lipinski definition) is 1. The first kappa shape index (κ1) is 13.3. The summed E-state index contributed by atoms with van der Waals surface area (Å²) >= 11 is 0. The van der Waals surface area contributed by atoms with E-state index in [4.69, 9.17) is 0 Å². The highest BCUT2D eigenvalue weighted by molar-refractivity contribution is 5.45. The van der Waals surface area contributed by atoms with E-state index in [1.165, 1.54) is 12.1 Å². The number of benzene rings is 2. The Morgan fingerprint density at radius 1 is 0.789 bits per heavy atom. The van der Waals surface area contributed by atoms with Crippen LogP contribution in [0.15, 0.2) is 30.3 Å². The van der Waals surface area contributed by atoms with Crippen molar-refractivity contribution in [1.82, 2.24) is 0 Å². The first-order valence-corrected chi connectivity index (χ1v) is 5.30. The Kier molecular flexibility index (Phi) is 3.69. The molecule has 0 atom stereocenters. The standard InChI is InChI=1S/C13H8F5N/c14-8-2-1-3-11(13(8)18)19-6-7-4-9(15)12(17)10(16)5-7/h1-5,19H,6H2. The molecule has 6 heteroatoms. The largest absolute Gasteiger partial charge is 0.379 e. The zero-order chi connectivity index (χ0) is 14.0. The van der Waals surface area contributed by atoms with Crippen LogP contribution in [0.5, 0.6) is 0 Å². The molecule has 1 N–H and O–H groups in total. The highest BCUT2D eigenvalue weighted by atomic mass is 19.2. The topological polar surface area (TPSA) is 12.0 Å². The van der Waals surface area contributed by atoms with Crippen molar-refractivity contribution in [3.63, 3.8) is 0 Å². The number of nitrogens with one attached hydrogen (secondary N) is 1. The molecule has 2 aromatic carbocycles. The third-order valence-electron chi connectivity index (χ3n) is 2.48. The lowest BCUT2D eigenvalue weighted by Crippen LogP contribution is -2.04. The maximum Gasteiger partial charge on any atom is 0.194 e. The Hall–Kier alpha value is -2.11. The van der Waals surface area contributed by atoms with E-state index >= 15 is 0 Å². The molecule has 2 aromatic rings. The molecule has 0 aromatic heterocycles. The van der Waals surface area contributed by atoms with Crippen molar-refractivity contribution in [2.75, 3.05) is 5.32 Å². The predicted octanol–water partition coefficient (Wildman–Crippen LogP) is 3.99. The lowest BCUT2D eigenvalue weighted by molar-refractivity contribution is 0.445. The van der Waals surface area contributed by atoms with Gasteiger partial charge >= 0.3 is 0 Å². The van der Waals surface area contributed by atoms with E-state index in [-0.39, 0.29) is 17.8 Å². The van der Waals surface area contributed by atoms with Crippen LogP contribution in [0.4, 0.5) is 27.6 Å². The van der Waals surface area contributed by atoms with Crippen molar-refractivity contribution in [2.24, 2.45) is 0 Å². The normalized spacial score (nSPS) is 10.6. The minimum Gasteiger partial charge on any atom is -0.379 e. The molecule has 2 rings (SSSR count). The monoisotopic (exact) mass is 273 g/mol. The van der Waals surface area contributed by atoms with Crippen molar-refractivity contribution in [1.29, 1.82) is 0 Å². The number of hydrogen-bond donors (Lipinski definition) is 1. The van der Waals surface area contributed by atoms with Gasteiger partial charge in [0.1, 0.15) is 0 Å². The molecular formula is C13H8F5N. The van der Waals surface area contributed by atoms with Crippen molar-refractivity contribution in [2.45, 2.75) is 6.54 Å². The highest BCUT2D eigenvalue weighted by Crippen LogP contribution is 2.19. The third kappa shape index (κ3) is 2.83. The van der Waals surface area contributed by atoms with Gasteiger partial charge in [-0.05, 0) is 29.8 Å². The molecule has 0 fully saturated rings. The van der Waals surface area contributed by atoms with Gasteiger partial charge in [0.25, 0.3) is 0 Å². The van der Waals surface area contributed by atoms with E-state index in [2.05, 4.69) is 5.32 Å². The Morgan fingerprint density at radius 2 is 1.42 bits per heavy atom.